The van der Waals surface area contributed by atoms with Crippen LogP contribution in [0.4, 0.5) is 0 Å². The lowest BCUT2D eigenvalue weighted by Crippen LogP contribution is -2.32. The van der Waals surface area contributed by atoms with Gasteiger partial charge in [-0.1, -0.05) is 26.0 Å². The Balaban J connectivity index is 2.27. The third-order valence-corrected chi connectivity index (χ3v) is 3.64. The van der Waals surface area contributed by atoms with Crippen LogP contribution in [0.5, 0.6) is 5.75 Å². The molecule has 1 aromatic carbocycles. The number of nitrogens with zero attached hydrogens (tertiary/aromatic N) is 1. The molecule has 19 heavy (non-hydrogen) atoms. The van der Waals surface area contributed by atoms with E-state index in [2.05, 4.69) is 37.9 Å². The number of hydrogen-bond donors (Lipinski definition) is 1. The Bertz CT molecular complexity index is 348. The average molecular weight is 264 g/mol. The van der Waals surface area contributed by atoms with E-state index in [0.29, 0.717) is 12.0 Å². The van der Waals surface area contributed by atoms with Gasteiger partial charge in [0.25, 0.3) is 0 Å². The second kappa shape index (κ2) is 8.18. The number of likely N-dealkylation sites (N-methyl/N-ethyl adjacent to an activating group) is 1. The molecule has 108 valence electrons. The van der Waals surface area contributed by atoms with Crippen LogP contribution in [0.25, 0.3) is 0 Å². The monoisotopic (exact) mass is 264 g/mol. The zero-order valence-corrected chi connectivity index (χ0v) is 12.7. The summed E-state index contributed by atoms with van der Waals surface area (Å²) in [5.41, 5.74) is 7.41. The minimum absolute atomic E-state index is 0.309. The van der Waals surface area contributed by atoms with Crippen molar-refractivity contribution in [2.24, 2.45) is 11.7 Å². The molecule has 1 unspecified atom stereocenters. The predicted molar refractivity (Wildman–Crippen MR) is 81.6 cm³/mol. The summed E-state index contributed by atoms with van der Waals surface area (Å²) in [4.78, 5) is 2.35. The van der Waals surface area contributed by atoms with Gasteiger partial charge in [0.05, 0.1) is 7.11 Å². The molecule has 1 aromatic rings. The summed E-state index contributed by atoms with van der Waals surface area (Å²) < 4.78 is 5.16. The van der Waals surface area contributed by atoms with Crippen LogP contribution >= 0.6 is 0 Å². The van der Waals surface area contributed by atoms with Crippen LogP contribution in [-0.2, 0) is 6.42 Å². The summed E-state index contributed by atoms with van der Waals surface area (Å²) in [6, 6.07) is 8.61. The highest BCUT2D eigenvalue weighted by molar-refractivity contribution is 5.27. The fourth-order valence-corrected chi connectivity index (χ4v) is 1.93. The van der Waals surface area contributed by atoms with Gasteiger partial charge in [-0.3, -0.25) is 0 Å². The van der Waals surface area contributed by atoms with Gasteiger partial charge in [0.1, 0.15) is 5.75 Å². The van der Waals surface area contributed by atoms with E-state index in [0.717, 1.165) is 31.7 Å². The van der Waals surface area contributed by atoms with Gasteiger partial charge >= 0.3 is 0 Å². The van der Waals surface area contributed by atoms with Crippen molar-refractivity contribution < 1.29 is 4.74 Å². The summed E-state index contributed by atoms with van der Waals surface area (Å²) in [5, 5.41) is 0. The highest BCUT2D eigenvalue weighted by Gasteiger charge is 2.08. The number of nitrogens with two attached hydrogens (primary N) is 1. The Kier molecular flexibility index (Phi) is 6.89. The first kappa shape index (κ1) is 16.0. The van der Waals surface area contributed by atoms with Gasteiger partial charge in [0.15, 0.2) is 0 Å². The minimum atomic E-state index is 0.309. The quantitative estimate of drug-likeness (QED) is 0.784. The van der Waals surface area contributed by atoms with Gasteiger partial charge in [-0.2, -0.15) is 0 Å². The first-order valence-electron chi connectivity index (χ1n) is 7.10. The van der Waals surface area contributed by atoms with Crippen LogP contribution in [-0.4, -0.2) is 38.2 Å². The highest BCUT2D eigenvalue weighted by atomic mass is 16.5. The molecule has 0 spiro atoms. The Morgan fingerprint density at radius 1 is 1.16 bits per heavy atom. The summed E-state index contributed by atoms with van der Waals surface area (Å²) in [5.74, 6) is 1.48. The molecule has 3 heteroatoms. The van der Waals surface area contributed by atoms with Crippen molar-refractivity contribution in [3.63, 3.8) is 0 Å². The molecule has 0 heterocycles. The van der Waals surface area contributed by atoms with Crippen LogP contribution in [0.3, 0.4) is 0 Å². The minimum Gasteiger partial charge on any atom is -0.497 e. The fourth-order valence-electron chi connectivity index (χ4n) is 1.93. The largest absolute Gasteiger partial charge is 0.497 e. The summed E-state index contributed by atoms with van der Waals surface area (Å²) in [7, 11) is 3.86. The first-order valence-corrected chi connectivity index (χ1v) is 7.10. The molecule has 0 amide bonds. The van der Waals surface area contributed by atoms with E-state index in [-0.39, 0.29) is 0 Å². The van der Waals surface area contributed by atoms with Crippen molar-refractivity contribution in [3.05, 3.63) is 29.8 Å². The SMILES string of the molecule is COc1ccc(CCN(C)CCC(N)C(C)C)cc1. The molecule has 0 saturated carbocycles. The maximum atomic E-state index is 6.06. The van der Waals surface area contributed by atoms with E-state index in [1.54, 1.807) is 7.11 Å². The standard InChI is InChI=1S/C16H28N2O/c1-13(2)16(17)10-12-18(3)11-9-14-5-7-15(19-4)8-6-14/h5-8,13,16H,9-12,17H2,1-4H3. The summed E-state index contributed by atoms with van der Waals surface area (Å²) >= 11 is 0. The Labute approximate surface area is 117 Å². The normalized spacial score (nSPS) is 13.0. The molecule has 0 fully saturated rings. The van der Waals surface area contributed by atoms with Crippen LogP contribution in [0.1, 0.15) is 25.8 Å². The van der Waals surface area contributed by atoms with Crippen LogP contribution in [0.15, 0.2) is 24.3 Å². The van der Waals surface area contributed by atoms with Crippen LogP contribution < -0.4 is 10.5 Å². The first-order chi connectivity index (χ1) is 9.02. The lowest BCUT2D eigenvalue weighted by molar-refractivity contribution is 0.306. The van der Waals surface area contributed by atoms with Crippen LogP contribution in [0.2, 0.25) is 0 Å². The van der Waals surface area contributed by atoms with Crippen molar-refractivity contribution in [3.8, 4) is 5.75 Å². The third kappa shape index (κ3) is 6.08. The van der Waals surface area contributed by atoms with E-state index in [9.17, 15) is 0 Å². The molecular formula is C16H28N2O. The van der Waals surface area contributed by atoms with Crippen LogP contribution in [0, 0.1) is 5.92 Å². The summed E-state index contributed by atoms with van der Waals surface area (Å²) in [6.07, 6.45) is 2.13. The number of hydrogen-bond acceptors (Lipinski definition) is 3. The molecule has 0 aliphatic carbocycles. The number of ether oxygens (including phenoxy) is 1. The smallest absolute Gasteiger partial charge is 0.118 e. The molecule has 0 bridgehead atoms. The van der Waals surface area contributed by atoms with Gasteiger partial charge in [-0.25, -0.2) is 0 Å². The topological polar surface area (TPSA) is 38.5 Å². The van der Waals surface area contributed by atoms with E-state index in [4.69, 9.17) is 10.5 Å². The van der Waals surface area contributed by atoms with Gasteiger partial charge in [-0.15, -0.1) is 0 Å². The maximum absolute atomic E-state index is 6.06. The molecule has 0 aliphatic rings. The number of rotatable bonds is 8. The van der Waals surface area contributed by atoms with E-state index >= 15 is 0 Å². The Hall–Kier alpha value is -1.06. The van der Waals surface area contributed by atoms with Crippen molar-refractivity contribution in [1.82, 2.24) is 4.90 Å². The third-order valence-electron chi connectivity index (χ3n) is 3.64. The molecule has 0 radical (unpaired) electrons. The molecule has 1 rings (SSSR count). The molecule has 1 atom stereocenters. The van der Waals surface area contributed by atoms with E-state index in [1.807, 2.05) is 12.1 Å². The van der Waals surface area contributed by atoms with Gasteiger partial charge < -0.3 is 15.4 Å². The molecule has 3 nitrogen and oxygen atoms in total. The second-order valence-corrected chi connectivity index (χ2v) is 5.60. The second-order valence-electron chi connectivity index (χ2n) is 5.60. The molecule has 0 aliphatic heterocycles. The number of benzene rings is 1. The lowest BCUT2D eigenvalue weighted by Gasteiger charge is -2.21. The summed E-state index contributed by atoms with van der Waals surface area (Å²) in [6.45, 7) is 6.50. The van der Waals surface area contributed by atoms with Crippen molar-refractivity contribution in [1.29, 1.82) is 0 Å². The van der Waals surface area contributed by atoms with Crippen molar-refractivity contribution in [2.75, 3.05) is 27.2 Å². The molecular weight excluding hydrogens is 236 g/mol. The van der Waals surface area contributed by atoms with Crippen molar-refractivity contribution >= 4 is 0 Å². The zero-order chi connectivity index (χ0) is 14.3. The molecule has 2 N–H and O–H groups in total. The predicted octanol–water partition coefficient (Wildman–Crippen LogP) is 2.54. The molecule has 0 saturated heterocycles. The molecule has 0 aromatic heterocycles. The average Bonchev–Trinajstić information content (AvgIpc) is 2.42. The van der Waals surface area contributed by atoms with Gasteiger partial charge in [0, 0.05) is 12.6 Å². The van der Waals surface area contributed by atoms with E-state index in [1.165, 1.54) is 5.56 Å². The highest BCUT2D eigenvalue weighted by Crippen LogP contribution is 2.12. The van der Waals surface area contributed by atoms with E-state index < -0.39 is 0 Å². The number of methoxy groups -OCH3 is 1. The zero-order valence-electron chi connectivity index (χ0n) is 12.7. The fraction of sp³-hybridized carbons (Fsp3) is 0.625. The lowest BCUT2D eigenvalue weighted by atomic mass is 10.0. The Morgan fingerprint density at radius 2 is 1.79 bits per heavy atom. The van der Waals surface area contributed by atoms with Gasteiger partial charge in [-0.05, 0) is 50.0 Å². The van der Waals surface area contributed by atoms with Gasteiger partial charge in [0.2, 0.25) is 0 Å². The Morgan fingerprint density at radius 3 is 2.32 bits per heavy atom. The maximum Gasteiger partial charge on any atom is 0.118 e. The van der Waals surface area contributed by atoms with Crippen molar-refractivity contribution in [2.45, 2.75) is 32.7 Å².